The molecular weight excluding hydrogens is 220 g/mol. The molecule has 1 atom stereocenters. The van der Waals surface area contributed by atoms with Gasteiger partial charge in [0, 0.05) is 26.1 Å². The van der Waals surface area contributed by atoms with Crippen LogP contribution in [0.1, 0.15) is 25.7 Å². The lowest BCUT2D eigenvalue weighted by Gasteiger charge is -2.30. The van der Waals surface area contributed by atoms with E-state index in [1.807, 2.05) is 0 Å². The number of hydrogen-bond acceptors (Lipinski definition) is 3. The molecular formula is C12H20N2O3. The summed E-state index contributed by atoms with van der Waals surface area (Å²) in [4.78, 5) is 24.6. The maximum absolute atomic E-state index is 11.8. The van der Waals surface area contributed by atoms with Crippen molar-refractivity contribution in [2.45, 2.75) is 31.8 Å². The van der Waals surface area contributed by atoms with E-state index < -0.39 is 0 Å². The van der Waals surface area contributed by atoms with E-state index in [0.717, 1.165) is 25.7 Å². The maximum Gasteiger partial charge on any atom is 0.248 e. The molecule has 0 spiro atoms. The molecule has 0 radical (unpaired) electrons. The Morgan fingerprint density at radius 1 is 1.47 bits per heavy atom. The van der Waals surface area contributed by atoms with Gasteiger partial charge in [-0.1, -0.05) is 12.8 Å². The summed E-state index contributed by atoms with van der Waals surface area (Å²) in [7, 11) is 1.76. The molecule has 1 unspecified atom stereocenters. The molecule has 1 aliphatic heterocycles. The van der Waals surface area contributed by atoms with E-state index in [-0.39, 0.29) is 30.4 Å². The van der Waals surface area contributed by atoms with Crippen molar-refractivity contribution in [3.05, 3.63) is 0 Å². The summed E-state index contributed by atoms with van der Waals surface area (Å²) in [6.07, 6.45) is 4.28. The van der Waals surface area contributed by atoms with Gasteiger partial charge in [-0.25, -0.2) is 0 Å². The molecule has 1 aliphatic carbocycles. The molecule has 1 saturated carbocycles. The van der Waals surface area contributed by atoms with Gasteiger partial charge in [-0.2, -0.15) is 0 Å². The highest BCUT2D eigenvalue weighted by Crippen LogP contribution is 2.24. The van der Waals surface area contributed by atoms with E-state index in [1.165, 1.54) is 0 Å². The molecule has 2 aliphatic rings. The predicted octanol–water partition coefficient (Wildman–Crippen LogP) is 0.150. The zero-order valence-corrected chi connectivity index (χ0v) is 10.3. The van der Waals surface area contributed by atoms with Crippen LogP contribution in [0.5, 0.6) is 0 Å². The fraction of sp³-hybridized carbons (Fsp3) is 0.833. The van der Waals surface area contributed by atoms with E-state index in [1.54, 1.807) is 11.9 Å². The molecule has 0 aromatic heterocycles. The van der Waals surface area contributed by atoms with Gasteiger partial charge >= 0.3 is 0 Å². The van der Waals surface area contributed by atoms with Crippen LogP contribution in [0.15, 0.2) is 0 Å². The van der Waals surface area contributed by atoms with E-state index in [9.17, 15) is 9.59 Å². The third-order valence-electron chi connectivity index (χ3n) is 3.58. The number of likely N-dealkylation sites (N-methyl/N-ethyl adjacent to an activating group) is 1. The molecule has 0 aromatic rings. The Labute approximate surface area is 101 Å². The van der Waals surface area contributed by atoms with Crippen molar-refractivity contribution in [1.82, 2.24) is 10.2 Å². The average Bonchev–Trinajstić information content (AvgIpc) is 2.84. The number of rotatable bonds is 3. The van der Waals surface area contributed by atoms with Crippen LogP contribution in [0.3, 0.4) is 0 Å². The zero-order chi connectivity index (χ0) is 12.3. The highest BCUT2D eigenvalue weighted by atomic mass is 16.5. The van der Waals surface area contributed by atoms with Gasteiger partial charge in [0.2, 0.25) is 11.8 Å². The first-order valence-electron chi connectivity index (χ1n) is 6.30. The lowest BCUT2D eigenvalue weighted by Crippen LogP contribution is -2.49. The fourth-order valence-electron chi connectivity index (χ4n) is 2.43. The third-order valence-corrected chi connectivity index (χ3v) is 3.58. The summed E-state index contributed by atoms with van der Waals surface area (Å²) in [6.45, 7) is 1.19. The fourth-order valence-corrected chi connectivity index (χ4v) is 2.43. The molecule has 5 heteroatoms. The Kier molecular flexibility index (Phi) is 3.99. The van der Waals surface area contributed by atoms with Crippen LogP contribution in [0.2, 0.25) is 0 Å². The average molecular weight is 240 g/mol. The number of hydrogen-bond donors (Lipinski definition) is 1. The SMILES string of the molecule is CN1CC(CNC(=O)C2CCCC2)OCC1=O. The second-order valence-electron chi connectivity index (χ2n) is 4.93. The standard InChI is InChI=1S/C12H20N2O3/c1-14-7-10(17-8-11(14)15)6-13-12(16)9-4-2-3-5-9/h9-10H,2-8H2,1H3,(H,13,16). The summed E-state index contributed by atoms with van der Waals surface area (Å²) in [5.74, 6) is 0.340. The first-order chi connectivity index (χ1) is 8.16. The minimum atomic E-state index is -0.0666. The Morgan fingerprint density at radius 2 is 2.18 bits per heavy atom. The second kappa shape index (κ2) is 5.49. The molecule has 17 heavy (non-hydrogen) atoms. The second-order valence-corrected chi connectivity index (χ2v) is 4.93. The highest BCUT2D eigenvalue weighted by molar-refractivity contribution is 5.79. The lowest BCUT2D eigenvalue weighted by atomic mass is 10.1. The largest absolute Gasteiger partial charge is 0.365 e. The number of carbonyl (C=O) groups is 2. The van der Waals surface area contributed by atoms with Gasteiger partial charge in [0.25, 0.3) is 0 Å². The van der Waals surface area contributed by atoms with Crippen molar-refractivity contribution in [2.24, 2.45) is 5.92 Å². The number of nitrogens with zero attached hydrogens (tertiary/aromatic N) is 1. The Bertz CT molecular complexity index is 300. The van der Waals surface area contributed by atoms with Crippen LogP contribution in [0.4, 0.5) is 0 Å². The third kappa shape index (κ3) is 3.19. The molecule has 1 N–H and O–H groups in total. The molecule has 5 nitrogen and oxygen atoms in total. The summed E-state index contributed by atoms with van der Waals surface area (Å²) >= 11 is 0. The van der Waals surface area contributed by atoms with Gasteiger partial charge in [-0.05, 0) is 12.8 Å². The smallest absolute Gasteiger partial charge is 0.248 e. The van der Waals surface area contributed by atoms with Crippen molar-refractivity contribution >= 4 is 11.8 Å². The van der Waals surface area contributed by atoms with E-state index in [0.29, 0.717) is 13.1 Å². The summed E-state index contributed by atoms with van der Waals surface area (Å²) in [5.41, 5.74) is 0. The Hall–Kier alpha value is -1.10. The van der Waals surface area contributed by atoms with Crippen molar-refractivity contribution in [3.63, 3.8) is 0 Å². The van der Waals surface area contributed by atoms with Crippen LogP contribution >= 0.6 is 0 Å². The van der Waals surface area contributed by atoms with Crippen LogP contribution in [-0.4, -0.2) is 49.6 Å². The summed E-state index contributed by atoms with van der Waals surface area (Å²) in [6, 6.07) is 0. The van der Waals surface area contributed by atoms with E-state index in [2.05, 4.69) is 5.32 Å². The number of amides is 2. The molecule has 1 heterocycles. The summed E-state index contributed by atoms with van der Waals surface area (Å²) in [5, 5.41) is 2.93. The van der Waals surface area contributed by atoms with Crippen molar-refractivity contribution < 1.29 is 14.3 Å². The molecule has 1 saturated heterocycles. The van der Waals surface area contributed by atoms with Crippen molar-refractivity contribution in [2.75, 3.05) is 26.7 Å². The minimum absolute atomic E-state index is 0.00312. The number of morpholine rings is 1. The maximum atomic E-state index is 11.8. The first-order valence-corrected chi connectivity index (χ1v) is 6.30. The molecule has 96 valence electrons. The predicted molar refractivity (Wildman–Crippen MR) is 62.3 cm³/mol. The van der Waals surface area contributed by atoms with Crippen molar-refractivity contribution in [3.8, 4) is 0 Å². The quantitative estimate of drug-likeness (QED) is 0.764. The molecule has 2 rings (SSSR count). The number of nitrogens with one attached hydrogen (secondary N) is 1. The molecule has 0 bridgehead atoms. The van der Waals surface area contributed by atoms with Crippen molar-refractivity contribution in [1.29, 1.82) is 0 Å². The number of carbonyl (C=O) groups excluding carboxylic acids is 2. The first kappa shape index (κ1) is 12.4. The van der Waals surface area contributed by atoms with Crippen LogP contribution in [0.25, 0.3) is 0 Å². The summed E-state index contributed by atoms with van der Waals surface area (Å²) < 4.78 is 5.37. The van der Waals surface area contributed by atoms with Gasteiger partial charge in [-0.15, -0.1) is 0 Å². The van der Waals surface area contributed by atoms with Crippen LogP contribution < -0.4 is 5.32 Å². The lowest BCUT2D eigenvalue weighted by molar-refractivity contribution is -0.146. The van der Waals surface area contributed by atoms with Gasteiger partial charge in [0.1, 0.15) is 6.61 Å². The Morgan fingerprint density at radius 3 is 2.82 bits per heavy atom. The minimum Gasteiger partial charge on any atom is -0.365 e. The van der Waals surface area contributed by atoms with Crippen LogP contribution in [-0.2, 0) is 14.3 Å². The molecule has 0 aromatic carbocycles. The highest BCUT2D eigenvalue weighted by Gasteiger charge is 2.26. The molecule has 2 fully saturated rings. The van der Waals surface area contributed by atoms with E-state index in [4.69, 9.17) is 4.74 Å². The van der Waals surface area contributed by atoms with Gasteiger partial charge < -0.3 is 15.0 Å². The normalized spacial score (nSPS) is 26.3. The topological polar surface area (TPSA) is 58.6 Å². The van der Waals surface area contributed by atoms with Gasteiger partial charge in [0.05, 0.1) is 6.10 Å². The van der Waals surface area contributed by atoms with Crippen LogP contribution in [0, 0.1) is 5.92 Å². The number of ether oxygens (including phenoxy) is 1. The monoisotopic (exact) mass is 240 g/mol. The molecule has 2 amide bonds. The Balaban J connectivity index is 1.71. The van der Waals surface area contributed by atoms with E-state index >= 15 is 0 Å². The van der Waals surface area contributed by atoms with Gasteiger partial charge in [0.15, 0.2) is 0 Å². The zero-order valence-electron chi connectivity index (χ0n) is 10.3. The van der Waals surface area contributed by atoms with Gasteiger partial charge in [-0.3, -0.25) is 9.59 Å².